The number of hydrogen-bond acceptors (Lipinski definition) is 10. The fourth-order valence-corrected chi connectivity index (χ4v) is 3.49. The van der Waals surface area contributed by atoms with Crippen molar-refractivity contribution in [2.24, 2.45) is 30.0 Å². The van der Waals surface area contributed by atoms with Gasteiger partial charge in [0.15, 0.2) is 18.3 Å². The average Bonchev–Trinajstić information content (AvgIpc) is 2.86. The van der Waals surface area contributed by atoms with Gasteiger partial charge in [-0.25, -0.2) is 13.7 Å². The zero-order chi connectivity index (χ0) is 26.3. The molecule has 0 fully saturated rings. The van der Waals surface area contributed by atoms with Gasteiger partial charge in [-0.1, -0.05) is 12.1 Å². The molecular formula is C22H14F5N7O3. The second kappa shape index (κ2) is 9.07. The summed E-state index contributed by atoms with van der Waals surface area (Å²) < 4.78 is 83.0. The van der Waals surface area contributed by atoms with E-state index < -0.39 is 30.4 Å². The summed E-state index contributed by atoms with van der Waals surface area (Å²) in [5.41, 5.74) is -0.325. The minimum absolute atomic E-state index is 0.0693. The number of guanidine groups is 3. The van der Waals surface area contributed by atoms with E-state index in [4.69, 9.17) is 14.2 Å². The third-order valence-electron chi connectivity index (χ3n) is 5.02. The molecule has 190 valence electrons. The molecule has 2 aromatic carbocycles. The maximum atomic E-state index is 14.8. The van der Waals surface area contributed by atoms with Gasteiger partial charge in [-0.3, -0.25) is 0 Å². The summed E-state index contributed by atoms with van der Waals surface area (Å²) in [6.07, 6.45) is -4.69. The molecule has 0 N–H and O–H groups in total. The van der Waals surface area contributed by atoms with Crippen LogP contribution in [-0.4, -0.2) is 67.5 Å². The Morgan fingerprint density at radius 2 is 1.19 bits per heavy atom. The van der Waals surface area contributed by atoms with Gasteiger partial charge in [-0.15, -0.1) is 0 Å². The zero-order valence-electron chi connectivity index (χ0n) is 18.9. The van der Waals surface area contributed by atoms with Gasteiger partial charge in [0.05, 0.1) is 25.3 Å². The van der Waals surface area contributed by atoms with E-state index in [2.05, 4.69) is 30.0 Å². The predicted molar refractivity (Wildman–Crippen MR) is 123 cm³/mol. The number of alkyl halides is 3. The first-order chi connectivity index (χ1) is 17.7. The van der Waals surface area contributed by atoms with Crippen LogP contribution < -0.4 is 9.47 Å². The smallest absolute Gasteiger partial charge is 0.422 e. The Hall–Kier alpha value is -4.69. The first kappa shape index (κ1) is 24.0. The van der Waals surface area contributed by atoms with E-state index in [0.29, 0.717) is 0 Å². The van der Waals surface area contributed by atoms with Crippen LogP contribution in [0.25, 0.3) is 0 Å². The Morgan fingerprint density at radius 1 is 0.703 bits per heavy atom. The molecule has 0 bridgehead atoms. The molecule has 0 spiro atoms. The second-order valence-electron chi connectivity index (χ2n) is 7.37. The van der Waals surface area contributed by atoms with Crippen molar-refractivity contribution in [3.63, 3.8) is 0 Å². The number of rotatable bonds is 5. The number of halogens is 5. The summed E-state index contributed by atoms with van der Waals surface area (Å²) in [5, 5.41) is 0. The molecule has 0 aromatic heterocycles. The topological polar surface area (TPSA) is 105 Å². The lowest BCUT2D eigenvalue weighted by atomic mass is 10.1. The minimum atomic E-state index is -4.69. The van der Waals surface area contributed by atoms with Gasteiger partial charge in [0.25, 0.3) is 0 Å². The molecule has 0 radical (unpaired) electrons. The van der Waals surface area contributed by atoms with E-state index in [1.807, 2.05) is 0 Å². The molecule has 0 aliphatic carbocycles. The number of benzene rings is 2. The number of nitrogens with zero attached hydrogens (tertiary/aromatic N) is 7. The van der Waals surface area contributed by atoms with Gasteiger partial charge in [-0.05, 0) is 24.3 Å². The largest absolute Gasteiger partial charge is 0.496 e. The standard InChI is InChI=1S/C22H14F5N7O3/c1-35-12-7-3-5-10(23)14(12)16-28-18-29-17(15-11(24)6-4-8-13(15)36-2)31-20-33-21(37-9-22(25,26)27)32-19(30-16)34(18)20/h3-8H,9H2,1-2H3. The summed E-state index contributed by atoms with van der Waals surface area (Å²) in [4.78, 5) is 25.7. The third-order valence-corrected chi connectivity index (χ3v) is 5.02. The lowest BCUT2D eigenvalue weighted by Crippen LogP contribution is -2.48. The minimum Gasteiger partial charge on any atom is -0.496 e. The first-order valence-corrected chi connectivity index (χ1v) is 10.4. The number of hydrogen-bond donors (Lipinski definition) is 0. The number of amidine groups is 3. The molecule has 0 amide bonds. The molecule has 3 aliphatic rings. The number of ether oxygens (including phenoxy) is 3. The van der Waals surface area contributed by atoms with Crippen LogP contribution in [0.4, 0.5) is 22.0 Å². The fraction of sp³-hybridized carbons (Fsp3) is 0.182. The molecule has 0 unspecified atom stereocenters. The Bertz CT molecular complexity index is 1420. The van der Waals surface area contributed by atoms with Gasteiger partial charge in [0.2, 0.25) is 17.9 Å². The molecule has 3 heterocycles. The Balaban J connectivity index is 1.70. The molecule has 5 rings (SSSR count). The van der Waals surface area contributed by atoms with Crippen molar-refractivity contribution in [1.82, 2.24) is 4.90 Å². The van der Waals surface area contributed by atoms with E-state index in [1.165, 1.54) is 38.5 Å². The lowest BCUT2D eigenvalue weighted by Gasteiger charge is -2.30. The van der Waals surface area contributed by atoms with Crippen LogP contribution in [0.15, 0.2) is 66.4 Å². The quantitative estimate of drug-likeness (QED) is 0.564. The van der Waals surface area contributed by atoms with E-state index >= 15 is 0 Å². The predicted octanol–water partition coefficient (Wildman–Crippen LogP) is 3.52. The van der Waals surface area contributed by atoms with Gasteiger partial charge in [-0.2, -0.15) is 43.1 Å². The summed E-state index contributed by atoms with van der Waals surface area (Å²) in [6, 6.07) is 7.28. The molecule has 0 atom stereocenters. The summed E-state index contributed by atoms with van der Waals surface area (Å²) in [5.74, 6) is -2.71. The SMILES string of the molecule is COc1cccc(F)c1C1=NC2=NC(OCC(F)(F)F)=NC3=NC(c4c(F)cccc4OC)=NC(=N1)N23. The molecule has 10 nitrogen and oxygen atoms in total. The van der Waals surface area contributed by atoms with Crippen molar-refractivity contribution < 1.29 is 36.2 Å². The molecular weight excluding hydrogens is 505 g/mol. The second-order valence-corrected chi connectivity index (χ2v) is 7.37. The highest BCUT2D eigenvalue weighted by Gasteiger charge is 2.38. The van der Waals surface area contributed by atoms with E-state index in [9.17, 15) is 22.0 Å². The molecule has 15 heteroatoms. The van der Waals surface area contributed by atoms with Crippen LogP contribution in [-0.2, 0) is 4.74 Å². The average molecular weight is 519 g/mol. The monoisotopic (exact) mass is 519 g/mol. The molecule has 3 aliphatic heterocycles. The highest BCUT2D eigenvalue weighted by atomic mass is 19.4. The maximum absolute atomic E-state index is 14.8. The normalized spacial score (nSPS) is 16.5. The Morgan fingerprint density at radius 3 is 1.68 bits per heavy atom. The van der Waals surface area contributed by atoms with Gasteiger partial charge >= 0.3 is 12.2 Å². The lowest BCUT2D eigenvalue weighted by molar-refractivity contribution is -0.156. The van der Waals surface area contributed by atoms with Crippen LogP contribution in [0, 0.1) is 11.6 Å². The highest BCUT2D eigenvalue weighted by molar-refractivity contribution is 6.33. The van der Waals surface area contributed by atoms with Crippen molar-refractivity contribution in [2.75, 3.05) is 20.8 Å². The summed E-state index contributed by atoms with van der Waals surface area (Å²) in [6.45, 7) is -1.70. The van der Waals surface area contributed by atoms with Crippen molar-refractivity contribution in [3.05, 3.63) is 59.2 Å². The van der Waals surface area contributed by atoms with Gasteiger partial charge < -0.3 is 14.2 Å². The van der Waals surface area contributed by atoms with E-state index in [1.54, 1.807) is 0 Å². The van der Waals surface area contributed by atoms with Crippen LogP contribution in [0.2, 0.25) is 0 Å². The van der Waals surface area contributed by atoms with Crippen LogP contribution in [0.3, 0.4) is 0 Å². The van der Waals surface area contributed by atoms with Crippen molar-refractivity contribution in [2.45, 2.75) is 6.18 Å². The van der Waals surface area contributed by atoms with Crippen molar-refractivity contribution in [3.8, 4) is 11.5 Å². The van der Waals surface area contributed by atoms with Crippen LogP contribution in [0.5, 0.6) is 11.5 Å². The molecule has 0 saturated carbocycles. The molecule has 0 saturated heterocycles. The summed E-state index contributed by atoms with van der Waals surface area (Å²) >= 11 is 0. The van der Waals surface area contributed by atoms with Crippen LogP contribution >= 0.6 is 0 Å². The first-order valence-electron chi connectivity index (χ1n) is 10.4. The highest BCUT2D eigenvalue weighted by Crippen LogP contribution is 2.29. The van der Waals surface area contributed by atoms with Crippen LogP contribution in [0.1, 0.15) is 11.1 Å². The number of aliphatic imine (C=N–C) groups is 6. The Labute approximate surface area is 204 Å². The maximum Gasteiger partial charge on any atom is 0.422 e. The number of methoxy groups -OCH3 is 2. The molecule has 2 aromatic rings. The summed E-state index contributed by atoms with van der Waals surface area (Å²) in [7, 11) is 2.61. The zero-order valence-corrected chi connectivity index (χ0v) is 18.9. The van der Waals surface area contributed by atoms with Crippen molar-refractivity contribution >= 4 is 35.6 Å². The van der Waals surface area contributed by atoms with Gasteiger partial charge in [0, 0.05) is 0 Å². The van der Waals surface area contributed by atoms with Gasteiger partial charge in [0.1, 0.15) is 23.1 Å². The third kappa shape index (κ3) is 4.50. The van der Waals surface area contributed by atoms with E-state index in [0.717, 1.165) is 17.0 Å². The Kier molecular flexibility index (Phi) is 5.89. The fourth-order valence-electron chi connectivity index (χ4n) is 3.49. The van der Waals surface area contributed by atoms with Crippen molar-refractivity contribution in [1.29, 1.82) is 0 Å². The van der Waals surface area contributed by atoms with E-state index in [-0.39, 0.29) is 52.2 Å². The molecule has 37 heavy (non-hydrogen) atoms.